The lowest BCUT2D eigenvalue weighted by Crippen LogP contribution is -2.00. The van der Waals surface area contributed by atoms with Gasteiger partial charge in [0.2, 0.25) is 0 Å². The quantitative estimate of drug-likeness (QED) is 0.622. The summed E-state index contributed by atoms with van der Waals surface area (Å²) in [6.07, 6.45) is 0.871. The number of carbonyl (C=O) groups is 1. The van der Waals surface area contributed by atoms with E-state index in [4.69, 9.17) is 4.74 Å². The van der Waals surface area contributed by atoms with E-state index in [2.05, 4.69) is 24.8 Å². The highest BCUT2D eigenvalue weighted by Gasteiger charge is 2.17. The monoisotopic (exact) mass is 278 g/mol. The molecule has 0 fully saturated rings. The molecular formula is C19H18O2. The third-order valence-electron chi connectivity index (χ3n) is 3.60. The number of benzene rings is 2. The van der Waals surface area contributed by atoms with Crippen molar-refractivity contribution in [1.82, 2.24) is 0 Å². The summed E-state index contributed by atoms with van der Waals surface area (Å²) in [4.78, 5) is 11.5. The summed E-state index contributed by atoms with van der Waals surface area (Å²) in [5.74, 6) is 6.56. The Morgan fingerprint density at radius 2 is 1.90 bits per heavy atom. The van der Waals surface area contributed by atoms with E-state index in [0.29, 0.717) is 11.1 Å². The van der Waals surface area contributed by atoms with Crippen molar-refractivity contribution in [2.75, 3.05) is 7.11 Å². The first-order valence-corrected chi connectivity index (χ1v) is 6.79. The van der Waals surface area contributed by atoms with Crippen molar-refractivity contribution in [3.63, 3.8) is 0 Å². The highest BCUT2D eigenvalue weighted by Crippen LogP contribution is 2.37. The molecule has 0 unspecified atom stereocenters. The fourth-order valence-corrected chi connectivity index (χ4v) is 2.54. The molecule has 0 amide bonds. The Balaban J connectivity index is 2.85. The van der Waals surface area contributed by atoms with E-state index in [-0.39, 0.29) is 0 Å². The maximum Gasteiger partial charge on any atom is 0.151 e. The first kappa shape index (κ1) is 14.9. The largest absolute Gasteiger partial charge is 0.496 e. The van der Waals surface area contributed by atoms with Crippen LogP contribution in [-0.2, 0) is 0 Å². The number of ether oxygens (including phenoxy) is 1. The molecule has 0 spiro atoms. The molecule has 2 aromatic carbocycles. The second-order valence-corrected chi connectivity index (χ2v) is 4.85. The third kappa shape index (κ3) is 2.68. The Bertz CT molecular complexity index is 746. The van der Waals surface area contributed by atoms with Crippen molar-refractivity contribution in [3.05, 3.63) is 52.6 Å². The highest BCUT2D eigenvalue weighted by molar-refractivity contribution is 5.89. The Morgan fingerprint density at radius 3 is 2.48 bits per heavy atom. The van der Waals surface area contributed by atoms with Crippen LogP contribution in [0.25, 0.3) is 11.1 Å². The van der Waals surface area contributed by atoms with Crippen LogP contribution < -0.4 is 4.74 Å². The normalized spacial score (nSPS) is 9.71. The van der Waals surface area contributed by atoms with Gasteiger partial charge in [-0.3, -0.25) is 4.79 Å². The second-order valence-electron chi connectivity index (χ2n) is 4.85. The van der Waals surface area contributed by atoms with Crippen molar-refractivity contribution >= 4 is 6.29 Å². The van der Waals surface area contributed by atoms with E-state index >= 15 is 0 Å². The molecule has 0 aliphatic carbocycles. The molecule has 0 saturated carbocycles. The summed E-state index contributed by atoms with van der Waals surface area (Å²) in [5, 5.41) is 0. The Hall–Kier alpha value is -2.53. The van der Waals surface area contributed by atoms with Gasteiger partial charge in [-0.05, 0) is 43.5 Å². The Morgan fingerprint density at radius 1 is 1.19 bits per heavy atom. The summed E-state index contributed by atoms with van der Waals surface area (Å²) >= 11 is 0. The lowest BCUT2D eigenvalue weighted by atomic mass is 9.90. The molecule has 0 bridgehead atoms. The standard InChI is InChI=1S/C19H18O2/c1-5-8-15-11-18(21-4)19(14(3)17(15)12-20)16-10-7-6-9-13(16)2/h6-7,9-12H,1-4H3. The number of rotatable bonds is 3. The molecule has 0 atom stereocenters. The van der Waals surface area contributed by atoms with Gasteiger partial charge in [0.05, 0.1) is 7.11 Å². The number of methoxy groups -OCH3 is 1. The number of aldehydes is 1. The molecule has 0 N–H and O–H groups in total. The zero-order valence-electron chi connectivity index (χ0n) is 12.8. The number of hydrogen-bond donors (Lipinski definition) is 0. The molecule has 21 heavy (non-hydrogen) atoms. The maximum atomic E-state index is 11.5. The van der Waals surface area contributed by atoms with E-state index < -0.39 is 0 Å². The van der Waals surface area contributed by atoms with Crippen LogP contribution in [0.3, 0.4) is 0 Å². The number of hydrogen-bond acceptors (Lipinski definition) is 2. The van der Waals surface area contributed by atoms with Crippen LogP contribution in [0.4, 0.5) is 0 Å². The van der Waals surface area contributed by atoms with Gasteiger partial charge in [-0.15, -0.1) is 5.92 Å². The Labute approximate surface area is 125 Å². The lowest BCUT2D eigenvalue weighted by Gasteiger charge is -2.17. The van der Waals surface area contributed by atoms with Crippen LogP contribution in [0.2, 0.25) is 0 Å². The van der Waals surface area contributed by atoms with E-state index in [1.807, 2.05) is 31.2 Å². The first-order chi connectivity index (χ1) is 10.1. The molecule has 106 valence electrons. The molecule has 0 aliphatic heterocycles. The van der Waals surface area contributed by atoms with Crippen molar-refractivity contribution < 1.29 is 9.53 Å². The minimum atomic E-state index is 0.628. The van der Waals surface area contributed by atoms with E-state index in [9.17, 15) is 4.79 Å². The predicted molar refractivity (Wildman–Crippen MR) is 85.8 cm³/mol. The van der Waals surface area contributed by atoms with Gasteiger partial charge in [0.1, 0.15) is 5.75 Å². The van der Waals surface area contributed by atoms with Gasteiger partial charge >= 0.3 is 0 Å². The van der Waals surface area contributed by atoms with Crippen LogP contribution in [0.1, 0.15) is 34.0 Å². The predicted octanol–water partition coefficient (Wildman–Crippen LogP) is 4.16. The minimum absolute atomic E-state index is 0.628. The average molecular weight is 278 g/mol. The summed E-state index contributed by atoms with van der Waals surface area (Å²) < 4.78 is 5.54. The van der Waals surface area contributed by atoms with Crippen LogP contribution >= 0.6 is 0 Å². The van der Waals surface area contributed by atoms with Crippen molar-refractivity contribution in [3.8, 4) is 28.7 Å². The van der Waals surface area contributed by atoms with E-state index in [1.54, 1.807) is 14.0 Å². The zero-order chi connectivity index (χ0) is 15.4. The van der Waals surface area contributed by atoms with Gasteiger partial charge in [-0.2, -0.15) is 0 Å². The third-order valence-corrected chi connectivity index (χ3v) is 3.60. The molecule has 2 heteroatoms. The summed E-state index contributed by atoms with van der Waals surface area (Å²) in [5.41, 5.74) is 5.41. The summed E-state index contributed by atoms with van der Waals surface area (Å²) in [6, 6.07) is 9.92. The molecule has 2 rings (SSSR count). The molecule has 2 nitrogen and oxygen atoms in total. The fraction of sp³-hybridized carbons (Fsp3) is 0.211. The molecule has 0 aliphatic rings. The van der Waals surface area contributed by atoms with Crippen molar-refractivity contribution in [2.45, 2.75) is 20.8 Å². The fourth-order valence-electron chi connectivity index (χ4n) is 2.54. The molecule has 0 radical (unpaired) electrons. The SMILES string of the molecule is CC#Cc1cc(OC)c(-c2ccccc2C)c(C)c1C=O. The minimum Gasteiger partial charge on any atom is -0.496 e. The van der Waals surface area contributed by atoms with Gasteiger partial charge in [0, 0.05) is 16.7 Å². The summed E-state index contributed by atoms with van der Waals surface area (Å²) in [7, 11) is 1.64. The van der Waals surface area contributed by atoms with Gasteiger partial charge in [0.25, 0.3) is 0 Å². The second kappa shape index (κ2) is 6.28. The topological polar surface area (TPSA) is 26.3 Å². The van der Waals surface area contributed by atoms with Crippen LogP contribution in [0.5, 0.6) is 5.75 Å². The zero-order valence-corrected chi connectivity index (χ0v) is 12.8. The van der Waals surface area contributed by atoms with E-state index in [1.165, 1.54) is 0 Å². The smallest absolute Gasteiger partial charge is 0.151 e. The van der Waals surface area contributed by atoms with Gasteiger partial charge in [-0.1, -0.05) is 30.2 Å². The van der Waals surface area contributed by atoms with Gasteiger partial charge in [0.15, 0.2) is 6.29 Å². The van der Waals surface area contributed by atoms with E-state index in [0.717, 1.165) is 34.3 Å². The number of carbonyl (C=O) groups excluding carboxylic acids is 1. The Kier molecular flexibility index (Phi) is 4.45. The van der Waals surface area contributed by atoms with Crippen molar-refractivity contribution in [2.24, 2.45) is 0 Å². The van der Waals surface area contributed by atoms with Crippen LogP contribution in [0.15, 0.2) is 30.3 Å². The highest BCUT2D eigenvalue weighted by atomic mass is 16.5. The molecule has 0 heterocycles. The van der Waals surface area contributed by atoms with Crippen LogP contribution in [-0.4, -0.2) is 13.4 Å². The first-order valence-electron chi connectivity index (χ1n) is 6.79. The van der Waals surface area contributed by atoms with Gasteiger partial charge < -0.3 is 4.74 Å². The summed E-state index contributed by atoms with van der Waals surface area (Å²) in [6.45, 7) is 5.75. The van der Waals surface area contributed by atoms with Crippen molar-refractivity contribution in [1.29, 1.82) is 0 Å². The lowest BCUT2D eigenvalue weighted by molar-refractivity contribution is 0.112. The average Bonchev–Trinajstić information content (AvgIpc) is 2.48. The molecule has 0 aromatic heterocycles. The van der Waals surface area contributed by atoms with Crippen LogP contribution in [0, 0.1) is 25.7 Å². The maximum absolute atomic E-state index is 11.5. The molecule has 0 saturated heterocycles. The van der Waals surface area contributed by atoms with Gasteiger partial charge in [-0.25, -0.2) is 0 Å². The molecular weight excluding hydrogens is 260 g/mol. The molecule has 2 aromatic rings. The number of aryl methyl sites for hydroxylation is 1.